The smallest absolute Gasteiger partial charge is 0.118 e. The van der Waals surface area contributed by atoms with Crippen molar-refractivity contribution in [2.24, 2.45) is 0 Å². The summed E-state index contributed by atoms with van der Waals surface area (Å²) in [6.45, 7) is 10.2. The summed E-state index contributed by atoms with van der Waals surface area (Å²) >= 11 is 0. The number of benzene rings is 2. The number of anilines is 1. The van der Waals surface area contributed by atoms with Gasteiger partial charge in [0.15, 0.2) is 0 Å². The lowest BCUT2D eigenvalue weighted by molar-refractivity contribution is 0.476. The molecule has 0 saturated heterocycles. The van der Waals surface area contributed by atoms with E-state index < -0.39 is 0 Å². The van der Waals surface area contributed by atoms with Crippen molar-refractivity contribution in [1.29, 1.82) is 0 Å². The molecule has 0 unspecified atom stereocenters. The van der Waals surface area contributed by atoms with Gasteiger partial charge in [0.1, 0.15) is 5.75 Å². The highest BCUT2D eigenvalue weighted by atomic mass is 16.3. The molecule has 0 spiro atoms. The third-order valence-corrected chi connectivity index (χ3v) is 4.26. The SMILES string of the molecule is C=C(C)C1=C(C)CN(c2cc(O)cc3ccccc23)CC1. The van der Waals surface area contributed by atoms with Gasteiger partial charge < -0.3 is 10.0 Å². The number of phenolic OH excluding ortho intramolecular Hbond substituents is 1. The fraction of sp³-hybridized carbons (Fsp3) is 0.263. The molecule has 0 fully saturated rings. The Bertz CT molecular complexity index is 742. The number of allylic oxidation sites excluding steroid dienone is 1. The number of aromatic hydroxyl groups is 1. The first-order chi connectivity index (χ1) is 10.1. The lowest BCUT2D eigenvalue weighted by Gasteiger charge is -2.32. The van der Waals surface area contributed by atoms with E-state index in [4.69, 9.17) is 0 Å². The first-order valence-corrected chi connectivity index (χ1v) is 7.37. The topological polar surface area (TPSA) is 23.5 Å². The van der Waals surface area contributed by atoms with E-state index in [1.165, 1.54) is 22.1 Å². The van der Waals surface area contributed by atoms with Crippen molar-refractivity contribution in [3.63, 3.8) is 0 Å². The monoisotopic (exact) mass is 279 g/mol. The fourth-order valence-corrected chi connectivity index (χ4v) is 3.24. The number of fused-ring (bicyclic) bond motifs is 1. The number of rotatable bonds is 2. The molecular formula is C19H21NO. The Morgan fingerprint density at radius 2 is 2.00 bits per heavy atom. The van der Waals surface area contributed by atoms with Crippen LogP contribution in [0.15, 0.2) is 59.7 Å². The maximum Gasteiger partial charge on any atom is 0.118 e. The third kappa shape index (κ3) is 2.54. The van der Waals surface area contributed by atoms with Crippen LogP contribution >= 0.6 is 0 Å². The van der Waals surface area contributed by atoms with Crippen molar-refractivity contribution in [2.45, 2.75) is 20.3 Å². The standard InChI is InChI=1S/C19H21NO/c1-13(2)17-8-9-20(12-14(17)3)19-11-16(21)10-15-6-4-5-7-18(15)19/h4-7,10-11,21H,1,8-9,12H2,2-3H3. The molecule has 21 heavy (non-hydrogen) atoms. The van der Waals surface area contributed by atoms with E-state index in [9.17, 15) is 5.11 Å². The zero-order valence-corrected chi connectivity index (χ0v) is 12.7. The Morgan fingerprint density at radius 1 is 1.24 bits per heavy atom. The largest absolute Gasteiger partial charge is 0.508 e. The van der Waals surface area contributed by atoms with Gasteiger partial charge in [-0.1, -0.05) is 42.0 Å². The molecule has 2 aromatic rings. The van der Waals surface area contributed by atoms with Gasteiger partial charge in [-0.2, -0.15) is 0 Å². The summed E-state index contributed by atoms with van der Waals surface area (Å²) in [4.78, 5) is 2.35. The van der Waals surface area contributed by atoms with Crippen molar-refractivity contribution < 1.29 is 5.11 Å². The molecule has 3 rings (SSSR count). The number of phenols is 1. The van der Waals surface area contributed by atoms with E-state index in [1.54, 1.807) is 0 Å². The summed E-state index contributed by atoms with van der Waals surface area (Å²) in [5, 5.41) is 12.3. The van der Waals surface area contributed by atoms with Crippen LogP contribution in [0.1, 0.15) is 20.3 Å². The van der Waals surface area contributed by atoms with Gasteiger partial charge in [0.05, 0.1) is 0 Å². The van der Waals surface area contributed by atoms with Crippen molar-refractivity contribution >= 4 is 16.5 Å². The van der Waals surface area contributed by atoms with Gasteiger partial charge in [0.25, 0.3) is 0 Å². The van der Waals surface area contributed by atoms with E-state index in [0.717, 1.165) is 30.6 Å². The molecule has 1 aliphatic heterocycles. The fourth-order valence-electron chi connectivity index (χ4n) is 3.24. The quantitative estimate of drug-likeness (QED) is 0.865. The van der Waals surface area contributed by atoms with E-state index in [-0.39, 0.29) is 0 Å². The van der Waals surface area contributed by atoms with Crippen LogP contribution in [0.5, 0.6) is 5.75 Å². The van der Waals surface area contributed by atoms with Crippen LogP contribution in [0.3, 0.4) is 0 Å². The van der Waals surface area contributed by atoms with Crippen LogP contribution in [0.2, 0.25) is 0 Å². The van der Waals surface area contributed by atoms with Crippen molar-refractivity contribution in [2.75, 3.05) is 18.0 Å². The van der Waals surface area contributed by atoms with Gasteiger partial charge in [0.2, 0.25) is 0 Å². The summed E-state index contributed by atoms with van der Waals surface area (Å²) in [6, 6.07) is 11.9. The minimum Gasteiger partial charge on any atom is -0.508 e. The normalized spacial score (nSPS) is 15.6. The minimum atomic E-state index is 0.330. The van der Waals surface area contributed by atoms with E-state index >= 15 is 0 Å². The molecule has 1 aliphatic rings. The van der Waals surface area contributed by atoms with E-state index in [0.29, 0.717) is 5.75 Å². The summed E-state index contributed by atoms with van der Waals surface area (Å²) in [5.41, 5.74) is 5.07. The molecule has 0 saturated carbocycles. The Hall–Kier alpha value is -2.22. The molecule has 0 aromatic heterocycles. The van der Waals surface area contributed by atoms with Gasteiger partial charge in [-0.3, -0.25) is 0 Å². The highest BCUT2D eigenvalue weighted by Gasteiger charge is 2.19. The number of hydrogen-bond donors (Lipinski definition) is 1. The predicted molar refractivity (Wildman–Crippen MR) is 90.0 cm³/mol. The maximum atomic E-state index is 10.00. The van der Waals surface area contributed by atoms with E-state index in [2.05, 4.69) is 37.5 Å². The number of nitrogens with zero attached hydrogens (tertiary/aromatic N) is 1. The zero-order chi connectivity index (χ0) is 15.0. The van der Waals surface area contributed by atoms with Gasteiger partial charge in [-0.05, 0) is 37.3 Å². The molecule has 0 radical (unpaired) electrons. The Labute approximate surface area is 126 Å². The molecule has 108 valence electrons. The number of hydrogen-bond acceptors (Lipinski definition) is 2. The van der Waals surface area contributed by atoms with E-state index in [1.807, 2.05) is 24.3 Å². The van der Waals surface area contributed by atoms with Gasteiger partial charge in [-0.15, -0.1) is 0 Å². The van der Waals surface area contributed by atoms with Gasteiger partial charge in [0, 0.05) is 30.2 Å². The summed E-state index contributed by atoms with van der Waals surface area (Å²) in [5.74, 6) is 0.330. The summed E-state index contributed by atoms with van der Waals surface area (Å²) in [6.07, 6.45) is 1.02. The average Bonchev–Trinajstić information content (AvgIpc) is 2.45. The second kappa shape index (κ2) is 5.28. The third-order valence-electron chi connectivity index (χ3n) is 4.26. The van der Waals surface area contributed by atoms with Crippen molar-refractivity contribution in [3.05, 3.63) is 59.7 Å². The second-order valence-electron chi connectivity index (χ2n) is 5.90. The highest BCUT2D eigenvalue weighted by molar-refractivity contribution is 5.95. The lowest BCUT2D eigenvalue weighted by atomic mass is 9.95. The Balaban J connectivity index is 2.05. The molecule has 0 bridgehead atoms. The molecule has 0 atom stereocenters. The Morgan fingerprint density at radius 3 is 2.71 bits per heavy atom. The highest BCUT2D eigenvalue weighted by Crippen LogP contribution is 2.34. The van der Waals surface area contributed by atoms with Crippen LogP contribution in [-0.4, -0.2) is 18.2 Å². The zero-order valence-electron chi connectivity index (χ0n) is 12.7. The molecule has 2 nitrogen and oxygen atoms in total. The average molecular weight is 279 g/mol. The second-order valence-corrected chi connectivity index (χ2v) is 5.90. The first-order valence-electron chi connectivity index (χ1n) is 7.37. The summed E-state index contributed by atoms with van der Waals surface area (Å²) < 4.78 is 0. The van der Waals surface area contributed by atoms with Crippen LogP contribution < -0.4 is 4.90 Å². The van der Waals surface area contributed by atoms with Crippen LogP contribution in [0, 0.1) is 0 Å². The van der Waals surface area contributed by atoms with Gasteiger partial charge in [-0.25, -0.2) is 0 Å². The predicted octanol–water partition coefficient (Wildman–Crippen LogP) is 4.65. The minimum absolute atomic E-state index is 0.330. The van der Waals surface area contributed by atoms with Crippen LogP contribution in [0.4, 0.5) is 5.69 Å². The van der Waals surface area contributed by atoms with Crippen LogP contribution in [0.25, 0.3) is 10.8 Å². The Kier molecular flexibility index (Phi) is 3.46. The van der Waals surface area contributed by atoms with Crippen LogP contribution in [-0.2, 0) is 0 Å². The van der Waals surface area contributed by atoms with Crippen molar-refractivity contribution in [3.8, 4) is 5.75 Å². The van der Waals surface area contributed by atoms with Crippen molar-refractivity contribution in [1.82, 2.24) is 0 Å². The molecule has 2 heteroatoms. The summed E-state index contributed by atoms with van der Waals surface area (Å²) in [7, 11) is 0. The molecule has 1 N–H and O–H groups in total. The maximum absolute atomic E-state index is 10.00. The molecule has 0 aliphatic carbocycles. The molecule has 0 amide bonds. The lowest BCUT2D eigenvalue weighted by Crippen LogP contribution is -2.31. The molecule has 1 heterocycles. The van der Waals surface area contributed by atoms with Gasteiger partial charge >= 0.3 is 0 Å². The molecular weight excluding hydrogens is 258 g/mol. The molecule has 2 aromatic carbocycles. The first kappa shape index (κ1) is 13.7.